The first-order chi connectivity index (χ1) is 16.0. The van der Waals surface area contributed by atoms with Crippen LogP contribution >= 0.6 is 23.4 Å². The average Bonchev–Trinajstić information content (AvgIpc) is 3.07. The summed E-state index contributed by atoms with van der Waals surface area (Å²) in [5.74, 6) is 1.19. The van der Waals surface area contributed by atoms with E-state index in [-0.39, 0.29) is 17.7 Å². The predicted octanol–water partition coefficient (Wildman–Crippen LogP) is 6.34. The van der Waals surface area contributed by atoms with Crippen LogP contribution in [0.2, 0.25) is 5.02 Å². The summed E-state index contributed by atoms with van der Waals surface area (Å²) < 4.78 is 11.4. The molecule has 33 heavy (non-hydrogen) atoms. The van der Waals surface area contributed by atoms with E-state index < -0.39 is 0 Å². The van der Waals surface area contributed by atoms with Gasteiger partial charge in [0.2, 0.25) is 0 Å². The molecule has 1 aliphatic rings. The Labute approximate surface area is 202 Å². The van der Waals surface area contributed by atoms with Crippen molar-refractivity contribution in [2.45, 2.75) is 13.5 Å². The Hall–Kier alpha value is -3.22. The Morgan fingerprint density at radius 2 is 1.48 bits per heavy atom. The zero-order valence-corrected chi connectivity index (χ0v) is 19.6. The van der Waals surface area contributed by atoms with E-state index in [4.69, 9.17) is 21.1 Å². The molecule has 0 aromatic heterocycles. The second kappa shape index (κ2) is 10.6. The van der Waals surface area contributed by atoms with Crippen LogP contribution < -0.4 is 9.47 Å². The third-order valence-electron chi connectivity index (χ3n) is 4.98. The van der Waals surface area contributed by atoms with Gasteiger partial charge in [0.1, 0.15) is 24.7 Å². The van der Waals surface area contributed by atoms with Crippen LogP contribution in [0.1, 0.15) is 16.7 Å². The summed E-state index contributed by atoms with van der Waals surface area (Å²) >= 11 is 7.10. The highest BCUT2D eigenvalue weighted by Gasteiger charge is 2.35. The number of hydrogen-bond donors (Lipinski definition) is 0. The highest BCUT2D eigenvalue weighted by molar-refractivity contribution is 8.18. The lowest BCUT2D eigenvalue weighted by Crippen LogP contribution is -2.27. The van der Waals surface area contributed by atoms with Crippen LogP contribution in [0.5, 0.6) is 11.5 Å². The van der Waals surface area contributed by atoms with Crippen LogP contribution in [0.4, 0.5) is 4.79 Å². The van der Waals surface area contributed by atoms with E-state index >= 15 is 0 Å². The van der Waals surface area contributed by atoms with Crippen molar-refractivity contribution in [1.82, 2.24) is 4.90 Å². The third kappa shape index (κ3) is 5.97. The normalized spacial score (nSPS) is 14.7. The molecule has 1 heterocycles. The van der Waals surface area contributed by atoms with Crippen molar-refractivity contribution < 1.29 is 19.1 Å². The van der Waals surface area contributed by atoms with Crippen LogP contribution in [0, 0.1) is 6.92 Å². The van der Waals surface area contributed by atoms with Crippen molar-refractivity contribution in [3.05, 3.63) is 99.4 Å². The predicted molar refractivity (Wildman–Crippen MR) is 132 cm³/mol. The molecule has 5 nitrogen and oxygen atoms in total. The Bertz CT molecular complexity index is 1180. The average molecular weight is 480 g/mol. The standard InChI is InChI=1S/C26H22ClNO4S/c1-18-6-10-21(11-7-18)31-14-15-32-22-12-8-19(9-13-22)16-24-25(29)28(26(30)33-24)17-20-4-2-3-5-23(20)27/h2-13,16H,14-15,17H2,1H3/b24-16-. The van der Waals surface area contributed by atoms with Crippen molar-refractivity contribution in [1.29, 1.82) is 0 Å². The summed E-state index contributed by atoms with van der Waals surface area (Å²) in [7, 11) is 0. The van der Waals surface area contributed by atoms with Gasteiger partial charge in [-0.1, -0.05) is 59.6 Å². The number of benzene rings is 3. The fourth-order valence-corrected chi connectivity index (χ4v) is 4.23. The molecule has 168 valence electrons. The number of hydrogen-bond acceptors (Lipinski definition) is 5. The van der Waals surface area contributed by atoms with Gasteiger partial charge in [-0.15, -0.1) is 0 Å². The minimum atomic E-state index is -0.321. The number of carbonyl (C=O) groups excluding carboxylic acids is 2. The number of imide groups is 1. The summed E-state index contributed by atoms with van der Waals surface area (Å²) in [6, 6.07) is 22.4. The second-order valence-electron chi connectivity index (χ2n) is 7.44. The lowest BCUT2D eigenvalue weighted by Gasteiger charge is -2.13. The Balaban J connectivity index is 1.31. The molecule has 0 N–H and O–H groups in total. The molecule has 1 saturated heterocycles. The molecule has 1 fully saturated rings. The largest absolute Gasteiger partial charge is 0.490 e. The van der Waals surface area contributed by atoms with E-state index in [0.717, 1.165) is 28.6 Å². The zero-order valence-electron chi connectivity index (χ0n) is 18.0. The molecule has 4 rings (SSSR count). The van der Waals surface area contributed by atoms with Crippen LogP contribution in [-0.4, -0.2) is 29.3 Å². The first-order valence-electron chi connectivity index (χ1n) is 10.4. The van der Waals surface area contributed by atoms with Crippen LogP contribution in [-0.2, 0) is 11.3 Å². The second-order valence-corrected chi connectivity index (χ2v) is 8.84. The minimum absolute atomic E-state index is 0.152. The molecule has 0 aliphatic carbocycles. The Morgan fingerprint density at radius 1 is 0.879 bits per heavy atom. The first-order valence-corrected chi connectivity index (χ1v) is 11.6. The van der Waals surface area contributed by atoms with Gasteiger partial charge in [-0.2, -0.15) is 0 Å². The summed E-state index contributed by atoms with van der Waals surface area (Å²) in [6.07, 6.45) is 1.71. The van der Waals surface area contributed by atoms with Gasteiger partial charge in [-0.05, 0) is 66.2 Å². The molecular weight excluding hydrogens is 458 g/mol. The number of aryl methyl sites for hydroxylation is 1. The molecule has 3 aromatic rings. The number of ether oxygens (including phenoxy) is 2. The van der Waals surface area contributed by atoms with Crippen molar-refractivity contribution in [3.8, 4) is 11.5 Å². The quantitative estimate of drug-likeness (QED) is 0.278. The Morgan fingerprint density at radius 3 is 2.12 bits per heavy atom. The maximum Gasteiger partial charge on any atom is 0.293 e. The van der Waals surface area contributed by atoms with Gasteiger partial charge in [-0.25, -0.2) is 0 Å². The molecule has 0 spiro atoms. The maximum atomic E-state index is 12.7. The van der Waals surface area contributed by atoms with Gasteiger partial charge in [-0.3, -0.25) is 14.5 Å². The minimum Gasteiger partial charge on any atom is -0.490 e. The summed E-state index contributed by atoms with van der Waals surface area (Å²) in [5.41, 5.74) is 2.72. The third-order valence-corrected chi connectivity index (χ3v) is 6.26. The number of thioether (sulfide) groups is 1. The molecule has 7 heteroatoms. The topological polar surface area (TPSA) is 55.8 Å². The van der Waals surface area contributed by atoms with Gasteiger partial charge >= 0.3 is 0 Å². The van der Waals surface area contributed by atoms with Gasteiger partial charge in [0.25, 0.3) is 11.1 Å². The lowest BCUT2D eigenvalue weighted by atomic mass is 10.2. The lowest BCUT2D eigenvalue weighted by molar-refractivity contribution is -0.123. The fraction of sp³-hybridized carbons (Fsp3) is 0.154. The molecule has 1 aliphatic heterocycles. The molecule has 0 saturated carbocycles. The number of amides is 2. The summed E-state index contributed by atoms with van der Waals surface area (Å²) in [4.78, 5) is 26.7. The van der Waals surface area contributed by atoms with E-state index in [1.165, 1.54) is 10.5 Å². The molecule has 3 aromatic carbocycles. The number of nitrogens with zero attached hydrogens (tertiary/aromatic N) is 1. The summed E-state index contributed by atoms with van der Waals surface area (Å²) in [6.45, 7) is 3.03. The van der Waals surface area contributed by atoms with Crippen LogP contribution in [0.25, 0.3) is 6.08 Å². The van der Waals surface area contributed by atoms with E-state index in [1.54, 1.807) is 18.2 Å². The van der Waals surface area contributed by atoms with Crippen LogP contribution in [0.3, 0.4) is 0 Å². The number of rotatable bonds is 8. The van der Waals surface area contributed by atoms with E-state index in [2.05, 4.69) is 0 Å². The molecule has 0 radical (unpaired) electrons. The zero-order chi connectivity index (χ0) is 23.2. The van der Waals surface area contributed by atoms with E-state index in [1.807, 2.05) is 67.6 Å². The van der Waals surface area contributed by atoms with Gasteiger partial charge in [0.15, 0.2) is 0 Å². The Kier molecular flexibility index (Phi) is 7.37. The first kappa shape index (κ1) is 23.0. The van der Waals surface area contributed by atoms with Crippen molar-refractivity contribution in [2.24, 2.45) is 0 Å². The highest BCUT2D eigenvalue weighted by Crippen LogP contribution is 2.34. The van der Waals surface area contributed by atoms with Crippen molar-refractivity contribution in [2.75, 3.05) is 13.2 Å². The number of halogens is 1. The van der Waals surface area contributed by atoms with Crippen LogP contribution in [0.15, 0.2) is 77.7 Å². The molecule has 2 amide bonds. The molecule has 0 atom stereocenters. The van der Waals surface area contributed by atoms with E-state index in [0.29, 0.717) is 28.9 Å². The molecular formula is C26H22ClNO4S. The highest BCUT2D eigenvalue weighted by atomic mass is 35.5. The number of carbonyl (C=O) groups is 2. The molecule has 0 unspecified atom stereocenters. The van der Waals surface area contributed by atoms with Gasteiger partial charge < -0.3 is 9.47 Å². The summed E-state index contributed by atoms with van der Waals surface area (Å²) in [5, 5.41) is 0.222. The SMILES string of the molecule is Cc1ccc(OCCOc2ccc(/C=C3\SC(=O)N(Cc4ccccc4Cl)C3=O)cc2)cc1. The van der Waals surface area contributed by atoms with Crippen molar-refractivity contribution >= 4 is 40.6 Å². The molecule has 0 bridgehead atoms. The van der Waals surface area contributed by atoms with Gasteiger partial charge in [0, 0.05) is 5.02 Å². The van der Waals surface area contributed by atoms with E-state index in [9.17, 15) is 9.59 Å². The fourth-order valence-electron chi connectivity index (χ4n) is 3.20. The monoisotopic (exact) mass is 479 g/mol. The smallest absolute Gasteiger partial charge is 0.293 e. The van der Waals surface area contributed by atoms with Gasteiger partial charge in [0.05, 0.1) is 11.4 Å². The van der Waals surface area contributed by atoms with Crippen molar-refractivity contribution in [3.63, 3.8) is 0 Å². The maximum absolute atomic E-state index is 12.7.